The van der Waals surface area contributed by atoms with Gasteiger partial charge in [-0.2, -0.15) is 5.10 Å². The zero-order valence-corrected chi connectivity index (χ0v) is 9.73. The number of pyridine rings is 1. The molecule has 0 aromatic carbocycles. The molecule has 2 aromatic heterocycles. The molecular formula is C13H16N2O. The summed E-state index contributed by atoms with van der Waals surface area (Å²) in [5.41, 5.74) is 2.76. The maximum Gasteiger partial charge on any atom is 0.164 e. The third kappa shape index (κ3) is 1.85. The van der Waals surface area contributed by atoms with Crippen molar-refractivity contribution in [1.29, 1.82) is 0 Å². The monoisotopic (exact) mass is 216 g/mol. The highest BCUT2D eigenvalue weighted by Gasteiger charge is 2.10. The fourth-order valence-corrected chi connectivity index (χ4v) is 1.87. The van der Waals surface area contributed by atoms with Crippen molar-refractivity contribution in [3.8, 4) is 0 Å². The van der Waals surface area contributed by atoms with Crippen LogP contribution < -0.4 is 0 Å². The molecule has 2 heterocycles. The summed E-state index contributed by atoms with van der Waals surface area (Å²) in [4.78, 5) is 11.8. The van der Waals surface area contributed by atoms with Gasteiger partial charge in [0, 0.05) is 18.2 Å². The smallest absolute Gasteiger partial charge is 0.164 e. The predicted molar refractivity (Wildman–Crippen MR) is 63.8 cm³/mol. The van der Waals surface area contributed by atoms with Crippen LogP contribution in [-0.2, 0) is 6.42 Å². The fraction of sp³-hybridized carbons (Fsp3) is 0.385. The Labute approximate surface area is 95.1 Å². The minimum absolute atomic E-state index is 0.175. The van der Waals surface area contributed by atoms with Crippen LogP contribution in [0.25, 0.3) is 5.52 Å². The van der Waals surface area contributed by atoms with Crippen LogP contribution in [0.5, 0.6) is 0 Å². The second-order valence-corrected chi connectivity index (χ2v) is 3.91. The highest BCUT2D eigenvalue weighted by atomic mass is 16.1. The number of rotatable bonds is 4. The van der Waals surface area contributed by atoms with E-state index in [2.05, 4.69) is 12.0 Å². The van der Waals surface area contributed by atoms with Gasteiger partial charge in [0.2, 0.25) is 0 Å². The molecule has 2 aromatic rings. The highest BCUT2D eigenvalue weighted by Crippen LogP contribution is 2.15. The van der Waals surface area contributed by atoms with Crippen LogP contribution in [0.3, 0.4) is 0 Å². The van der Waals surface area contributed by atoms with Crippen LogP contribution in [0.4, 0.5) is 0 Å². The van der Waals surface area contributed by atoms with Crippen LogP contribution in [-0.4, -0.2) is 15.4 Å². The molecule has 0 N–H and O–H groups in total. The largest absolute Gasteiger partial charge is 0.294 e. The first-order valence-corrected chi connectivity index (χ1v) is 5.76. The normalized spacial score (nSPS) is 10.9. The molecule has 0 atom stereocenters. The molecule has 0 aliphatic rings. The second kappa shape index (κ2) is 4.47. The molecule has 0 saturated heterocycles. The Morgan fingerprint density at radius 1 is 1.44 bits per heavy atom. The van der Waals surface area contributed by atoms with Gasteiger partial charge in [-0.05, 0) is 24.6 Å². The van der Waals surface area contributed by atoms with Crippen LogP contribution in [0.2, 0.25) is 0 Å². The molecule has 2 rings (SSSR count). The number of ketones is 1. The summed E-state index contributed by atoms with van der Waals surface area (Å²) in [6.07, 6.45) is 4.46. The minimum atomic E-state index is 0.175. The van der Waals surface area contributed by atoms with Crippen molar-refractivity contribution in [1.82, 2.24) is 9.61 Å². The van der Waals surface area contributed by atoms with Gasteiger partial charge in [-0.3, -0.25) is 4.79 Å². The van der Waals surface area contributed by atoms with Gasteiger partial charge in [-0.25, -0.2) is 4.52 Å². The Morgan fingerprint density at radius 2 is 2.25 bits per heavy atom. The number of aromatic nitrogens is 2. The van der Waals surface area contributed by atoms with E-state index in [4.69, 9.17) is 0 Å². The number of carbonyl (C=O) groups excluding carboxylic acids is 1. The zero-order chi connectivity index (χ0) is 11.5. The van der Waals surface area contributed by atoms with Gasteiger partial charge >= 0.3 is 0 Å². The molecule has 3 nitrogen and oxygen atoms in total. The molecule has 0 amide bonds. The third-order valence-electron chi connectivity index (χ3n) is 2.68. The Balaban J connectivity index is 2.54. The molecule has 0 radical (unpaired) electrons. The zero-order valence-electron chi connectivity index (χ0n) is 9.73. The van der Waals surface area contributed by atoms with Gasteiger partial charge in [0.05, 0.1) is 11.2 Å². The van der Waals surface area contributed by atoms with E-state index in [1.165, 1.54) is 0 Å². The third-order valence-corrected chi connectivity index (χ3v) is 2.68. The molecule has 84 valence electrons. The molecular weight excluding hydrogens is 200 g/mol. The molecule has 16 heavy (non-hydrogen) atoms. The summed E-state index contributed by atoms with van der Waals surface area (Å²) in [7, 11) is 0. The molecule has 0 bridgehead atoms. The molecule has 0 spiro atoms. The van der Waals surface area contributed by atoms with Gasteiger partial charge in [-0.15, -0.1) is 0 Å². The van der Waals surface area contributed by atoms with Gasteiger partial charge < -0.3 is 0 Å². The molecule has 0 saturated carbocycles. The lowest BCUT2D eigenvalue weighted by Gasteiger charge is -1.99. The van der Waals surface area contributed by atoms with E-state index in [1.807, 2.05) is 31.3 Å². The SMILES string of the molecule is CCCc1cc2c(C(=O)CC)cccn2n1. The maximum absolute atomic E-state index is 11.8. The topological polar surface area (TPSA) is 34.4 Å². The summed E-state index contributed by atoms with van der Waals surface area (Å²) in [5, 5.41) is 4.44. The van der Waals surface area contributed by atoms with Crippen molar-refractivity contribution in [2.45, 2.75) is 33.1 Å². The van der Waals surface area contributed by atoms with Gasteiger partial charge in [0.15, 0.2) is 5.78 Å². The summed E-state index contributed by atoms with van der Waals surface area (Å²) in [5.74, 6) is 0.175. The number of nitrogens with zero attached hydrogens (tertiary/aromatic N) is 2. The van der Waals surface area contributed by atoms with Crippen LogP contribution >= 0.6 is 0 Å². The van der Waals surface area contributed by atoms with Crippen LogP contribution in [0, 0.1) is 0 Å². The molecule has 0 aliphatic carbocycles. The van der Waals surface area contributed by atoms with Crippen molar-refractivity contribution in [2.24, 2.45) is 0 Å². The Bertz CT molecular complexity index is 514. The summed E-state index contributed by atoms with van der Waals surface area (Å²) in [6, 6.07) is 5.77. The van der Waals surface area contributed by atoms with E-state index in [-0.39, 0.29) is 5.78 Å². The number of fused-ring (bicyclic) bond motifs is 1. The molecule has 0 fully saturated rings. The highest BCUT2D eigenvalue weighted by molar-refractivity contribution is 6.02. The van der Waals surface area contributed by atoms with Crippen molar-refractivity contribution >= 4 is 11.3 Å². The predicted octanol–water partition coefficient (Wildman–Crippen LogP) is 2.88. The van der Waals surface area contributed by atoms with Gasteiger partial charge in [-0.1, -0.05) is 20.3 Å². The number of Topliss-reactive ketones (excluding diaryl/α,β-unsaturated/α-hetero) is 1. The van der Waals surface area contributed by atoms with E-state index < -0.39 is 0 Å². The van der Waals surface area contributed by atoms with E-state index in [0.717, 1.165) is 29.6 Å². The lowest BCUT2D eigenvalue weighted by Crippen LogP contribution is -1.99. The van der Waals surface area contributed by atoms with E-state index in [1.54, 1.807) is 4.52 Å². The van der Waals surface area contributed by atoms with Crippen molar-refractivity contribution in [3.63, 3.8) is 0 Å². The first-order chi connectivity index (χ1) is 7.76. The summed E-state index contributed by atoms with van der Waals surface area (Å²) in [6.45, 7) is 4.01. The summed E-state index contributed by atoms with van der Waals surface area (Å²) < 4.78 is 1.80. The van der Waals surface area contributed by atoms with Crippen molar-refractivity contribution in [2.75, 3.05) is 0 Å². The Morgan fingerprint density at radius 3 is 2.94 bits per heavy atom. The standard InChI is InChI=1S/C13H16N2O/c1-3-6-10-9-12-11(13(16)4-2)7-5-8-15(12)14-10/h5,7-9H,3-4,6H2,1-2H3. The van der Waals surface area contributed by atoms with Crippen molar-refractivity contribution in [3.05, 3.63) is 35.7 Å². The first kappa shape index (κ1) is 10.9. The Kier molecular flexibility index (Phi) is 3.04. The maximum atomic E-state index is 11.8. The minimum Gasteiger partial charge on any atom is -0.294 e. The van der Waals surface area contributed by atoms with Crippen LogP contribution in [0.1, 0.15) is 42.7 Å². The van der Waals surface area contributed by atoms with E-state index >= 15 is 0 Å². The fourth-order valence-electron chi connectivity index (χ4n) is 1.87. The second-order valence-electron chi connectivity index (χ2n) is 3.91. The Hall–Kier alpha value is -1.64. The average Bonchev–Trinajstić information content (AvgIpc) is 2.70. The number of hydrogen-bond donors (Lipinski definition) is 0. The quantitative estimate of drug-likeness (QED) is 0.736. The summed E-state index contributed by atoms with van der Waals surface area (Å²) >= 11 is 0. The number of aryl methyl sites for hydroxylation is 1. The average molecular weight is 216 g/mol. The molecule has 0 aliphatic heterocycles. The first-order valence-electron chi connectivity index (χ1n) is 5.76. The van der Waals surface area contributed by atoms with Crippen LogP contribution in [0.15, 0.2) is 24.4 Å². The number of carbonyl (C=O) groups is 1. The van der Waals surface area contributed by atoms with E-state index in [0.29, 0.717) is 6.42 Å². The molecule has 3 heteroatoms. The molecule has 0 unspecified atom stereocenters. The lowest BCUT2D eigenvalue weighted by molar-refractivity contribution is 0.0989. The lowest BCUT2D eigenvalue weighted by atomic mass is 10.1. The van der Waals surface area contributed by atoms with Crippen molar-refractivity contribution < 1.29 is 4.79 Å². The van der Waals surface area contributed by atoms with E-state index in [9.17, 15) is 4.79 Å². The van der Waals surface area contributed by atoms with Gasteiger partial charge in [0.25, 0.3) is 0 Å². The van der Waals surface area contributed by atoms with Gasteiger partial charge in [0.1, 0.15) is 0 Å². The number of hydrogen-bond acceptors (Lipinski definition) is 2.